The molecule has 18 heavy (non-hydrogen) atoms. The number of carbonyl (C=O) groups is 1. The Morgan fingerprint density at radius 3 is 2.61 bits per heavy atom. The predicted octanol–water partition coefficient (Wildman–Crippen LogP) is -0.214. The summed E-state index contributed by atoms with van der Waals surface area (Å²) in [6.07, 6.45) is 0.978. The fourth-order valence-electron chi connectivity index (χ4n) is 2.21. The number of nitrogens with two attached hydrogens (primary N) is 1. The number of benzene rings is 1. The molecule has 0 radical (unpaired) electrons. The molecule has 1 atom stereocenters. The Kier molecular flexibility index (Phi) is 4.30. The van der Waals surface area contributed by atoms with Crippen LogP contribution in [-0.2, 0) is 17.8 Å². The van der Waals surface area contributed by atoms with Crippen LogP contribution in [0.1, 0.15) is 17.5 Å². The van der Waals surface area contributed by atoms with Crippen LogP contribution in [0.4, 0.5) is 0 Å². The number of aliphatic hydroxyl groups excluding tert-OH is 1. The summed E-state index contributed by atoms with van der Waals surface area (Å²) in [6, 6.07) is 7.92. The summed E-state index contributed by atoms with van der Waals surface area (Å²) in [5.74, 6) is 4.85. The Morgan fingerprint density at radius 2 is 2.06 bits per heavy atom. The molecule has 0 aliphatic carbocycles. The maximum atomic E-state index is 11.1. The highest BCUT2D eigenvalue weighted by molar-refractivity contribution is 5.77. The third kappa shape index (κ3) is 3.53. The number of carbonyl (C=O) groups excluding carboxylic acids is 1. The van der Waals surface area contributed by atoms with Gasteiger partial charge in [0, 0.05) is 19.6 Å². The molecule has 0 bridgehead atoms. The molecule has 1 amide bonds. The van der Waals surface area contributed by atoms with E-state index >= 15 is 0 Å². The van der Waals surface area contributed by atoms with Gasteiger partial charge in [0.25, 0.3) is 0 Å². The van der Waals surface area contributed by atoms with Crippen LogP contribution in [0.3, 0.4) is 0 Å². The lowest BCUT2D eigenvalue weighted by Gasteiger charge is -2.15. The number of aliphatic hydroxyl groups is 1. The molecular weight excluding hydrogens is 230 g/mol. The molecule has 0 saturated carbocycles. The van der Waals surface area contributed by atoms with Gasteiger partial charge in [-0.05, 0) is 17.5 Å². The smallest absolute Gasteiger partial charge is 0.238 e. The highest BCUT2D eigenvalue weighted by Gasteiger charge is 2.19. The van der Waals surface area contributed by atoms with E-state index < -0.39 is 0 Å². The zero-order valence-electron chi connectivity index (χ0n) is 10.3. The second kappa shape index (κ2) is 5.95. The Morgan fingerprint density at radius 1 is 1.39 bits per heavy atom. The van der Waals surface area contributed by atoms with E-state index in [9.17, 15) is 9.90 Å². The monoisotopic (exact) mass is 249 g/mol. The van der Waals surface area contributed by atoms with E-state index in [1.807, 2.05) is 24.3 Å². The molecule has 1 aliphatic rings. The molecule has 1 heterocycles. The van der Waals surface area contributed by atoms with Crippen molar-refractivity contribution in [2.24, 2.45) is 5.84 Å². The van der Waals surface area contributed by atoms with Crippen molar-refractivity contribution in [3.63, 3.8) is 0 Å². The molecule has 1 aromatic carbocycles. The van der Waals surface area contributed by atoms with Gasteiger partial charge in [0.15, 0.2) is 0 Å². The summed E-state index contributed by atoms with van der Waals surface area (Å²) >= 11 is 0. The number of rotatable bonds is 4. The topological polar surface area (TPSA) is 78.6 Å². The van der Waals surface area contributed by atoms with Gasteiger partial charge in [-0.25, -0.2) is 5.84 Å². The third-order valence-electron chi connectivity index (χ3n) is 3.20. The van der Waals surface area contributed by atoms with Crippen molar-refractivity contribution >= 4 is 5.91 Å². The summed E-state index contributed by atoms with van der Waals surface area (Å²) in [7, 11) is 0. The molecule has 5 nitrogen and oxygen atoms in total. The van der Waals surface area contributed by atoms with Crippen LogP contribution in [-0.4, -0.2) is 35.1 Å². The number of hydrogen-bond acceptors (Lipinski definition) is 4. The number of likely N-dealkylation sites (tertiary alicyclic amines) is 1. The van der Waals surface area contributed by atoms with Crippen LogP contribution < -0.4 is 11.3 Å². The average molecular weight is 249 g/mol. The maximum absolute atomic E-state index is 11.1. The Balaban J connectivity index is 1.89. The van der Waals surface area contributed by atoms with Crippen molar-refractivity contribution in [3.8, 4) is 0 Å². The van der Waals surface area contributed by atoms with Crippen molar-refractivity contribution in [1.82, 2.24) is 10.3 Å². The lowest BCUT2D eigenvalue weighted by atomic mass is 10.1. The van der Waals surface area contributed by atoms with Crippen LogP contribution in [0.5, 0.6) is 0 Å². The molecule has 1 saturated heterocycles. The van der Waals surface area contributed by atoms with E-state index in [1.54, 1.807) is 0 Å². The standard InChI is InChI=1S/C13H19N3O2/c14-15-13(18)7-10-1-3-11(4-2-10)8-16-6-5-12(17)9-16/h1-4,12,17H,5-9,14H2,(H,15,18). The van der Waals surface area contributed by atoms with E-state index in [0.29, 0.717) is 6.42 Å². The zero-order chi connectivity index (χ0) is 13.0. The fraction of sp³-hybridized carbons (Fsp3) is 0.462. The number of nitrogens with zero attached hydrogens (tertiary/aromatic N) is 1. The minimum atomic E-state index is -0.189. The van der Waals surface area contributed by atoms with E-state index in [1.165, 1.54) is 5.56 Å². The van der Waals surface area contributed by atoms with E-state index in [-0.39, 0.29) is 12.0 Å². The summed E-state index contributed by atoms with van der Waals surface area (Å²) in [5.41, 5.74) is 4.26. The van der Waals surface area contributed by atoms with Gasteiger partial charge in [0.05, 0.1) is 12.5 Å². The van der Waals surface area contributed by atoms with Crippen LogP contribution in [0.25, 0.3) is 0 Å². The average Bonchev–Trinajstić information content (AvgIpc) is 2.77. The van der Waals surface area contributed by atoms with Gasteiger partial charge in [-0.15, -0.1) is 0 Å². The first-order chi connectivity index (χ1) is 8.67. The second-order valence-electron chi connectivity index (χ2n) is 4.74. The van der Waals surface area contributed by atoms with Crippen molar-refractivity contribution in [1.29, 1.82) is 0 Å². The second-order valence-corrected chi connectivity index (χ2v) is 4.74. The normalized spacial score (nSPS) is 20.0. The lowest BCUT2D eigenvalue weighted by molar-refractivity contribution is -0.120. The quantitative estimate of drug-likeness (QED) is 0.392. The molecule has 1 unspecified atom stereocenters. The fourth-order valence-corrected chi connectivity index (χ4v) is 2.21. The number of hydrazine groups is 1. The van der Waals surface area contributed by atoms with Crippen molar-refractivity contribution in [2.45, 2.75) is 25.5 Å². The van der Waals surface area contributed by atoms with E-state index in [2.05, 4.69) is 10.3 Å². The number of nitrogens with one attached hydrogen (secondary N) is 1. The van der Waals surface area contributed by atoms with Crippen molar-refractivity contribution in [2.75, 3.05) is 13.1 Å². The molecule has 1 aromatic rings. The van der Waals surface area contributed by atoms with Gasteiger partial charge in [-0.1, -0.05) is 24.3 Å². The zero-order valence-corrected chi connectivity index (χ0v) is 10.3. The molecule has 1 fully saturated rings. The highest BCUT2D eigenvalue weighted by atomic mass is 16.3. The van der Waals surface area contributed by atoms with Crippen LogP contribution in [0, 0.1) is 0 Å². The van der Waals surface area contributed by atoms with Gasteiger partial charge < -0.3 is 5.11 Å². The number of hydrogen-bond donors (Lipinski definition) is 3. The number of β-amino-alcohol motifs (C(OH)–C–C–N with tert-alkyl or cyclic N) is 1. The summed E-state index contributed by atoms with van der Waals surface area (Å²) in [4.78, 5) is 13.3. The Hall–Kier alpha value is -1.43. The van der Waals surface area contributed by atoms with Crippen molar-refractivity contribution < 1.29 is 9.90 Å². The molecular formula is C13H19N3O2. The first-order valence-corrected chi connectivity index (χ1v) is 6.15. The van der Waals surface area contributed by atoms with Crippen LogP contribution in [0.2, 0.25) is 0 Å². The minimum absolute atomic E-state index is 0.183. The summed E-state index contributed by atoms with van der Waals surface area (Å²) < 4.78 is 0. The van der Waals surface area contributed by atoms with E-state index in [4.69, 9.17) is 5.84 Å². The van der Waals surface area contributed by atoms with Crippen LogP contribution in [0.15, 0.2) is 24.3 Å². The first kappa shape index (κ1) is 13.0. The Bertz CT molecular complexity index is 405. The van der Waals surface area contributed by atoms with Crippen molar-refractivity contribution in [3.05, 3.63) is 35.4 Å². The van der Waals surface area contributed by atoms with Gasteiger partial charge in [0.1, 0.15) is 0 Å². The largest absolute Gasteiger partial charge is 0.392 e. The van der Waals surface area contributed by atoms with Gasteiger partial charge in [-0.2, -0.15) is 0 Å². The maximum Gasteiger partial charge on any atom is 0.238 e. The third-order valence-corrected chi connectivity index (χ3v) is 3.20. The first-order valence-electron chi connectivity index (χ1n) is 6.15. The Labute approximate surface area is 107 Å². The van der Waals surface area contributed by atoms with Crippen LogP contribution >= 0.6 is 0 Å². The SMILES string of the molecule is NNC(=O)Cc1ccc(CN2CCC(O)C2)cc1. The molecule has 98 valence electrons. The predicted molar refractivity (Wildman–Crippen MR) is 68.4 cm³/mol. The molecule has 0 spiro atoms. The number of amides is 1. The van der Waals surface area contributed by atoms with Gasteiger partial charge in [-0.3, -0.25) is 15.1 Å². The molecule has 5 heteroatoms. The molecule has 0 aromatic heterocycles. The molecule has 2 rings (SSSR count). The van der Waals surface area contributed by atoms with E-state index in [0.717, 1.165) is 31.6 Å². The summed E-state index contributed by atoms with van der Waals surface area (Å²) in [5, 5.41) is 9.45. The molecule has 4 N–H and O–H groups in total. The highest BCUT2D eigenvalue weighted by Crippen LogP contribution is 2.14. The molecule has 1 aliphatic heterocycles. The van der Waals surface area contributed by atoms with Gasteiger partial charge >= 0.3 is 0 Å². The lowest BCUT2D eigenvalue weighted by Crippen LogP contribution is -2.31. The minimum Gasteiger partial charge on any atom is -0.392 e. The van der Waals surface area contributed by atoms with Gasteiger partial charge in [0.2, 0.25) is 5.91 Å². The summed E-state index contributed by atoms with van der Waals surface area (Å²) in [6.45, 7) is 2.54.